The Hall–Kier alpha value is -3.52. The fourth-order valence-corrected chi connectivity index (χ4v) is 3.52. The maximum absolute atomic E-state index is 12.9. The zero-order valence-corrected chi connectivity index (χ0v) is 18.1. The van der Waals surface area contributed by atoms with E-state index in [9.17, 15) is 34.2 Å². The van der Waals surface area contributed by atoms with Crippen LogP contribution in [0.3, 0.4) is 0 Å². The molecule has 5 unspecified atom stereocenters. The number of nitrogens with zero attached hydrogens (tertiary/aromatic N) is 2. The molecule has 0 aromatic carbocycles. The van der Waals surface area contributed by atoms with Crippen molar-refractivity contribution in [1.82, 2.24) is 25.5 Å². The number of imidazole rings is 1. The molecule has 14 nitrogen and oxygen atoms in total. The van der Waals surface area contributed by atoms with Crippen molar-refractivity contribution in [2.45, 2.75) is 62.9 Å². The summed E-state index contributed by atoms with van der Waals surface area (Å²) in [5, 5.41) is 24.0. The van der Waals surface area contributed by atoms with Gasteiger partial charge in [-0.1, -0.05) is 0 Å². The van der Waals surface area contributed by atoms with E-state index in [0.29, 0.717) is 12.1 Å². The molecule has 1 aliphatic heterocycles. The molecule has 1 aromatic rings. The number of nitrogens with two attached hydrogens (primary N) is 2. The van der Waals surface area contributed by atoms with E-state index in [4.69, 9.17) is 11.5 Å². The van der Waals surface area contributed by atoms with Gasteiger partial charge in [-0.05, 0) is 19.8 Å². The number of aliphatic hydroxyl groups is 1. The van der Waals surface area contributed by atoms with Crippen LogP contribution in [0, 0.1) is 0 Å². The van der Waals surface area contributed by atoms with E-state index in [2.05, 4.69) is 20.6 Å². The first kappa shape index (κ1) is 25.7. The maximum Gasteiger partial charge on any atom is 0.326 e. The Morgan fingerprint density at radius 1 is 1.27 bits per heavy atom. The highest BCUT2D eigenvalue weighted by molar-refractivity contribution is 5.96. The number of carboxylic acids is 1. The van der Waals surface area contributed by atoms with Crippen LogP contribution in [0.15, 0.2) is 12.5 Å². The minimum atomic E-state index is -1.50. The zero-order chi connectivity index (χ0) is 24.7. The predicted octanol–water partition coefficient (Wildman–Crippen LogP) is -3.42. The van der Waals surface area contributed by atoms with Crippen molar-refractivity contribution in [2.24, 2.45) is 11.5 Å². The van der Waals surface area contributed by atoms with Gasteiger partial charge in [-0.2, -0.15) is 0 Å². The van der Waals surface area contributed by atoms with E-state index in [1.165, 1.54) is 19.4 Å². The molecule has 0 aliphatic carbocycles. The fraction of sp³-hybridized carbons (Fsp3) is 0.579. The summed E-state index contributed by atoms with van der Waals surface area (Å²) in [6, 6.07) is -5.12. The van der Waals surface area contributed by atoms with Crippen LogP contribution >= 0.6 is 0 Å². The lowest BCUT2D eigenvalue weighted by Crippen LogP contribution is -2.60. The standard InChI is InChI=1S/C19H29N7O7/c1-9(27)15(18(31)26-4-2-3-13(26)19(32)33)25-17(30)12(6-14(21)28)24-16(29)11(20)5-10-7-22-8-23-10/h7-9,11-13,15,27H,2-6,20H2,1H3,(H2,21,28)(H,22,23)(H,24,29)(H,25,30)(H,32,33). The van der Waals surface area contributed by atoms with Gasteiger partial charge >= 0.3 is 5.97 Å². The Kier molecular flexibility index (Phi) is 8.87. The molecule has 0 saturated carbocycles. The third-order valence-electron chi connectivity index (χ3n) is 5.24. The summed E-state index contributed by atoms with van der Waals surface area (Å²) in [6.45, 7) is 1.40. The highest BCUT2D eigenvalue weighted by atomic mass is 16.4. The van der Waals surface area contributed by atoms with Gasteiger partial charge in [0.25, 0.3) is 0 Å². The Labute approximate surface area is 189 Å². The molecule has 0 spiro atoms. The van der Waals surface area contributed by atoms with Gasteiger partial charge in [0, 0.05) is 24.9 Å². The molecule has 2 heterocycles. The van der Waals surface area contributed by atoms with Crippen molar-refractivity contribution in [2.75, 3.05) is 6.54 Å². The average Bonchev–Trinajstić information content (AvgIpc) is 3.42. The van der Waals surface area contributed by atoms with E-state index in [0.717, 1.165) is 4.90 Å². The number of aromatic nitrogens is 2. The number of carbonyl (C=O) groups is 5. The number of amides is 4. The third kappa shape index (κ3) is 6.98. The van der Waals surface area contributed by atoms with Crippen LogP contribution in [0.4, 0.5) is 0 Å². The topological polar surface area (TPSA) is 234 Å². The van der Waals surface area contributed by atoms with Crippen LogP contribution in [0.1, 0.15) is 31.9 Å². The molecular formula is C19H29N7O7. The average molecular weight is 467 g/mol. The lowest BCUT2D eigenvalue weighted by Gasteiger charge is -2.30. The van der Waals surface area contributed by atoms with Gasteiger partial charge in [-0.25, -0.2) is 9.78 Å². The fourth-order valence-electron chi connectivity index (χ4n) is 3.52. The van der Waals surface area contributed by atoms with Crippen LogP contribution < -0.4 is 22.1 Å². The number of aliphatic hydroxyl groups excluding tert-OH is 1. The van der Waals surface area contributed by atoms with Gasteiger partial charge in [-0.3, -0.25) is 19.2 Å². The number of carbonyl (C=O) groups excluding carboxylic acids is 4. The van der Waals surface area contributed by atoms with Crippen molar-refractivity contribution >= 4 is 29.6 Å². The molecule has 33 heavy (non-hydrogen) atoms. The lowest BCUT2D eigenvalue weighted by atomic mass is 10.1. The SMILES string of the molecule is CC(O)C(NC(=O)C(CC(N)=O)NC(=O)C(N)Cc1cnc[nH]1)C(=O)N1CCCC1C(=O)O. The second kappa shape index (κ2) is 11.4. The van der Waals surface area contributed by atoms with Gasteiger partial charge < -0.3 is 42.2 Å². The molecule has 182 valence electrons. The first-order valence-electron chi connectivity index (χ1n) is 10.3. The van der Waals surface area contributed by atoms with E-state index in [-0.39, 0.29) is 19.4 Å². The third-order valence-corrected chi connectivity index (χ3v) is 5.24. The summed E-state index contributed by atoms with van der Waals surface area (Å²) in [5.74, 6) is -4.59. The summed E-state index contributed by atoms with van der Waals surface area (Å²) in [4.78, 5) is 68.7. The monoisotopic (exact) mass is 467 g/mol. The molecule has 1 saturated heterocycles. The summed E-state index contributed by atoms with van der Waals surface area (Å²) in [6.07, 6.45) is 1.69. The van der Waals surface area contributed by atoms with Gasteiger partial charge in [0.1, 0.15) is 18.1 Å². The Morgan fingerprint density at radius 2 is 1.97 bits per heavy atom. The van der Waals surface area contributed by atoms with Crippen molar-refractivity contribution in [3.05, 3.63) is 18.2 Å². The van der Waals surface area contributed by atoms with Crippen molar-refractivity contribution in [1.29, 1.82) is 0 Å². The first-order valence-corrected chi connectivity index (χ1v) is 10.3. The summed E-state index contributed by atoms with van der Waals surface area (Å²) in [7, 11) is 0. The second-order valence-electron chi connectivity index (χ2n) is 7.87. The minimum absolute atomic E-state index is 0.0804. The van der Waals surface area contributed by atoms with Gasteiger partial charge in [-0.15, -0.1) is 0 Å². The molecule has 5 atom stereocenters. The van der Waals surface area contributed by atoms with E-state index < -0.39 is 66.3 Å². The highest BCUT2D eigenvalue weighted by Gasteiger charge is 2.40. The largest absolute Gasteiger partial charge is 0.480 e. The van der Waals surface area contributed by atoms with Gasteiger partial charge in [0.05, 0.1) is 24.9 Å². The van der Waals surface area contributed by atoms with Crippen LogP contribution in [-0.4, -0.2) is 91.5 Å². The van der Waals surface area contributed by atoms with Gasteiger partial charge in [0.2, 0.25) is 23.6 Å². The Balaban J connectivity index is 2.10. The molecule has 0 bridgehead atoms. The zero-order valence-electron chi connectivity index (χ0n) is 18.1. The lowest BCUT2D eigenvalue weighted by molar-refractivity contribution is -0.150. The number of likely N-dealkylation sites (tertiary alicyclic amines) is 1. The van der Waals surface area contributed by atoms with Crippen LogP contribution in [0.25, 0.3) is 0 Å². The number of nitrogens with one attached hydrogen (secondary N) is 3. The minimum Gasteiger partial charge on any atom is -0.480 e. The maximum atomic E-state index is 12.9. The van der Waals surface area contributed by atoms with Crippen LogP contribution in [0.2, 0.25) is 0 Å². The number of primary amides is 1. The summed E-state index contributed by atoms with van der Waals surface area (Å²) >= 11 is 0. The van der Waals surface area contributed by atoms with Crippen molar-refractivity contribution in [3.8, 4) is 0 Å². The van der Waals surface area contributed by atoms with E-state index in [1.807, 2.05) is 0 Å². The second-order valence-corrected chi connectivity index (χ2v) is 7.87. The van der Waals surface area contributed by atoms with Crippen LogP contribution in [-0.2, 0) is 30.4 Å². The molecule has 4 amide bonds. The summed E-state index contributed by atoms with van der Waals surface area (Å²) < 4.78 is 0. The highest BCUT2D eigenvalue weighted by Crippen LogP contribution is 2.19. The van der Waals surface area contributed by atoms with Crippen LogP contribution in [0.5, 0.6) is 0 Å². The molecule has 2 rings (SSSR count). The smallest absolute Gasteiger partial charge is 0.326 e. The molecule has 1 aliphatic rings. The first-order chi connectivity index (χ1) is 15.5. The number of carboxylic acid groups (broad SMARTS) is 1. The number of aromatic amines is 1. The molecule has 1 aromatic heterocycles. The quantitative estimate of drug-likeness (QED) is 0.171. The molecule has 1 fully saturated rings. The van der Waals surface area contributed by atoms with Crippen molar-refractivity contribution < 1.29 is 34.2 Å². The predicted molar refractivity (Wildman–Crippen MR) is 112 cm³/mol. The summed E-state index contributed by atoms with van der Waals surface area (Å²) in [5.41, 5.74) is 11.6. The molecule has 14 heteroatoms. The number of H-pyrrole nitrogens is 1. The molecular weight excluding hydrogens is 438 g/mol. The van der Waals surface area contributed by atoms with E-state index >= 15 is 0 Å². The van der Waals surface area contributed by atoms with E-state index in [1.54, 1.807) is 0 Å². The molecule has 9 N–H and O–H groups in total. The number of hydrogen-bond acceptors (Lipinski definition) is 8. The molecule has 0 radical (unpaired) electrons. The number of aliphatic carboxylic acids is 1. The Morgan fingerprint density at radius 3 is 2.52 bits per heavy atom. The number of hydrogen-bond donors (Lipinski definition) is 7. The Bertz CT molecular complexity index is 874. The number of rotatable bonds is 11. The van der Waals surface area contributed by atoms with Crippen molar-refractivity contribution in [3.63, 3.8) is 0 Å². The normalized spacial score (nSPS) is 19.2. The van der Waals surface area contributed by atoms with Gasteiger partial charge in [0.15, 0.2) is 0 Å².